The van der Waals surface area contributed by atoms with Crippen LogP contribution in [0.5, 0.6) is 5.75 Å². The molecule has 0 spiro atoms. The molecule has 0 aliphatic rings. The number of aliphatic carboxylic acids is 1. The lowest BCUT2D eigenvalue weighted by Crippen LogP contribution is -2.23. The molecule has 1 aromatic carbocycles. The summed E-state index contributed by atoms with van der Waals surface area (Å²) in [4.78, 5) is 10.2. The Morgan fingerprint density at radius 3 is 2.44 bits per heavy atom. The summed E-state index contributed by atoms with van der Waals surface area (Å²) in [5, 5.41) is 8.29. The van der Waals surface area contributed by atoms with E-state index >= 15 is 0 Å². The highest BCUT2D eigenvalue weighted by molar-refractivity contribution is 5.67. The molecule has 0 aromatic heterocycles. The molecule has 1 rings (SSSR count). The van der Waals surface area contributed by atoms with Crippen molar-refractivity contribution in [3.05, 3.63) is 29.8 Å². The van der Waals surface area contributed by atoms with Gasteiger partial charge in [0, 0.05) is 5.56 Å². The van der Waals surface area contributed by atoms with Crippen LogP contribution in [0.15, 0.2) is 24.3 Å². The molecule has 0 aliphatic carbocycles. The van der Waals surface area contributed by atoms with Crippen LogP contribution >= 0.6 is 0 Å². The number of benzene rings is 1. The van der Waals surface area contributed by atoms with E-state index in [0.717, 1.165) is 0 Å². The molecule has 1 aromatic rings. The SMILES string of the molecule is CCOc1ccc(C(F)(F)COCC(=O)O)cc1. The van der Waals surface area contributed by atoms with Crippen LogP contribution < -0.4 is 4.74 Å². The van der Waals surface area contributed by atoms with Crippen molar-refractivity contribution < 1.29 is 28.2 Å². The fourth-order valence-corrected chi connectivity index (χ4v) is 1.31. The van der Waals surface area contributed by atoms with Gasteiger partial charge in [0.05, 0.1) is 6.61 Å². The molecule has 0 radical (unpaired) electrons. The number of hydrogen-bond acceptors (Lipinski definition) is 3. The van der Waals surface area contributed by atoms with Crippen LogP contribution in [0.4, 0.5) is 8.78 Å². The van der Waals surface area contributed by atoms with Crippen LogP contribution in [0.1, 0.15) is 12.5 Å². The maximum Gasteiger partial charge on any atom is 0.329 e. The predicted molar refractivity (Wildman–Crippen MR) is 60.0 cm³/mol. The van der Waals surface area contributed by atoms with Crippen LogP contribution in [0.2, 0.25) is 0 Å². The van der Waals surface area contributed by atoms with Gasteiger partial charge in [-0.3, -0.25) is 0 Å². The smallest absolute Gasteiger partial charge is 0.329 e. The van der Waals surface area contributed by atoms with Crippen molar-refractivity contribution in [2.45, 2.75) is 12.8 Å². The van der Waals surface area contributed by atoms with E-state index in [4.69, 9.17) is 9.84 Å². The minimum Gasteiger partial charge on any atom is -0.494 e. The molecule has 4 nitrogen and oxygen atoms in total. The number of halogens is 2. The molecule has 0 aliphatic heterocycles. The minimum absolute atomic E-state index is 0.239. The first-order valence-corrected chi connectivity index (χ1v) is 5.36. The summed E-state index contributed by atoms with van der Waals surface area (Å²) in [6.45, 7) is 0.541. The first-order valence-electron chi connectivity index (χ1n) is 5.36. The second kappa shape index (κ2) is 6.30. The molecule has 0 unspecified atom stereocenters. The van der Waals surface area contributed by atoms with Crippen molar-refractivity contribution in [1.82, 2.24) is 0 Å². The summed E-state index contributed by atoms with van der Waals surface area (Å²) in [7, 11) is 0. The lowest BCUT2D eigenvalue weighted by atomic mass is 10.1. The average molecular weight is 260 g/mol. The van der Waals surface area contributed by atoms with Crippen LogP contribution in [-0.4, -0.2) is 30.9 Å². The highest BCUT2D eigenvalue weighted by atomic mass is 19.3. The molecular weight excluding hydrogens is 246 g/mol. The lowest BCUT2D eigenvalue weighted by molar-refractivity contribution is -0.147. The minimum atomic E-state index is -3.22. The van der Waals surface area contributed by atoms with Gasteiger partial charge in [0.2, 0.25) is 0 Å². The molecule has 0 amide bonds. The highest BCUT2D eigenvalue weighted by Crippen LogP contribution is 2.29. The first kappa shape index (κ1) is 14.4. The van der Waals surface area contributed by atoms with E-state index in [0.29, 0.717) is 12.4 Å². The van der Waals surface area contributed by atoms with E-state index in [9.17, 15) is 13.6 Å². The molecule has 0 saturated carbocycles. The van der Waals surface area contributed by atoms with Gasteiger partial charge in [0.1, 0.15) is 19.0 Å². The van der Waals surface area contributed by atoms with Crippen molar-refractivity contribution >= 4 is 5.97 Å². The van der Waals surface area contributed by atoms with Gasteiger partial charge in [-0.15, -0.1) is 0 Å². The van der Waals surface area contributed by atoms with E-state index < -0.39 is 25.1 Å². The predicted octanol–water partition coefficient (Wildman–Crippen LogP) is 2.28. The Morgan fingerprint density at radius 2 is 1.94 bits per heavy atom. The molecule has 0 atom stereocenters. The quantitative estimate of drug-likeness (QED) is 0.817. The Kier molecular flexibility index (Phi) is 5.03. The topological polar surface area (TPSA) is 55.8 Å². The van der Waals surface area contributed by atoms with Gasteiger partial charge < -0.3 is 14.6 Å². The summed E-state index contributed by atoms with van der Waals surface area (Å²) in [5.74, 6) is -4.00. The first-order chi connectivity index (χ1) is 8.45. The highest BCUT2D eigenvalue weighted by Gasteiger charge is 2.32. The standard InChI is InChI=1S/C12H14F2O4/c1-2-18-10-5-3-9(4-6-10)12(13,14)8-17-7-11(15)16/h3-6H,2,7-8H2,1H3,(H,15,16). The van der Waals surface area contributed by atoms with E-state index in [1.807, 2.05) is 0 Å². The molecule has 18 heavy (non-hydrogen) atoms. The molecule has 0 bridgehead atoms. The van der Waals surface area contributed by atoms with Crippen molar-refractivity contribution in [3.8, 4) is 5.75 Å². The number of carboxylic acid groups (broad SMARTS) is 1. The van der Waals surface area contributed by atoms with E-state index in [2.05, 4.69) is 4.74 Å². The van der Waals surface area contributed by atoms with E-state index in [-0.39, 0.29) is 5.56 Å². The largest absolute Gasteiger partial charge is 0.494 e. The molecule has 6 heteroatoms. The van der Waals surface area contributed by atoms with Gasteiger partial charge in [-0.1, -0.05) is 0 Å². The van der Waals surface area contributed by atoms with Gasteiger partial charge in [-0.25, -0.2) is 4.79 Å². The molecule has 0 heterocycles. The van der Waals surface area contributed by atoms with Crippen LogP contribution in [0.3, 0.4) is 0 Å². The molecule has 100 valence electrons. The van der Waals surface area contributed by atoms with Gasteiger partial charge in [-0.2, -0.15) is 8.78 Å². The van der Waals surface area contributed by atoms with Crippen molar-refractivity contribution in [2.75, 3.05) is 19.8 Å². The number of hydrogen-bond donors (Lipinski definition) is 1. The molecule has 0 fully saturated rings. The van der Waals surface area contributed by atoms with Crippen LogP contribution in [0, 0.1) is 0 Å². The van der Waals surface area contributed by atoms with Gasteiger partial charge in [0.25, 0.3) is 5.92 Å². The monoisotopic (exact) mass is 260 g/mol. The third-order valence-electron chi connectivity index (χ3n) is 2.10. The van der Waals surface area contributed by atoms with Crippen molar-refractivity contribution in [3.63, 3.8) is 0 Å². The third-order valence-corrected chi connectivity index (χ3v) is 2.10. The average Bonchev–Trinajstić information content (AvgIpc) is 2.29. The van der Waals surface area contributed by atoms with Crippen LogP contribution in [-0.2, 0) is 15.5 Å². The van der Waals surface area contributed by atoms with E-state index in [1.54, 1.807) is 6.92 Å². The summed E-state index contributed by atoms with van der Waals surface area (Å²) in [5.41, 5.74) is -0.239. The van der Waals surface area contributed by atoms with Crippen molar-refractivity contribution in [2.24, 2.45) is 0 Å². The number of rotatable bonds is 7. The Balaban J connectivity index is 2.63. The fraction of sp³-hybridized carbons (Fsp3) is 0.417. The number of ether oxygens (including phenoxy) is 2. The summed E-state index contributed by atoms with van der Waals surface area (Å²) < 4.78 is 36.7. The lowest BCUT2D eigenvalue weighted by Gasteiger charge is -2.16. The molecular formula is C12H14F2O4. The molecule has 0 saturated heterocycles. The second-order valence-corrected chi connectivity index (χ2v) is 3.55. The summed E-state index contributed by atoms with van der Waals surface area (Å²) in [6.07, 6.45) is 0. The zero-order valence-electron chi connectivity index (χ0n) is 9.86. The zero-order chi connectivity index (χ0) is 13.6. The summed E-state index contributed by atoms with van der Waals surface area (Å²) >= 11 is 0. The Labute approximate surface area is 103 Å². The Bertz CT molecular complexity index is 390. The number of carboxylic acids is 1. The third kappa shape index (κ3) is 4.29. The Morgan fingerprint density at radius 1 is 1.33 bits per heavy atom. The maximum absolute atomic E-state index is 13.6. The van der Waals surface area contributed by atoms with E-state index in [1.165, 1.54) is 24.3 Å². The normalized spacial score (nSPS) is 11.3. The Hall–Kier alpha value is -1.69. The van der Waals surface area contributed by atoms with Gasteiger partial charge in [0.15, 0.2) is 0 Å². The van der Waals surface area contributed by atoms with Crippen LogP contribution in [0.25, 0.3) is 0 Å². The van der Waals surface area contributed by atoms with Gasteiger partial charge in [-0.05, 0) is 31.2 Å². The second-order valence-electron chi connectivity index (χ2n) is 3.55. The summed E-state index contributed by atoms with van der Waals surface area (Å²) in [6, 6.07) is 5.33. The zero-order valence-corrected chi connectivity index (χ0v) is 9.86. The number of carbonyl (C=O) groups is 1. The molecule has 1 N–H and O–H groups in total. The maximum atomic E-state index is 13.6. The fourth-order valence-electron chi connectivity index (χ4n) is 1.31. The van der Waals surface area contributed by atoms with Gasteiger partial charge >= 0.3 is 5.97 Å². The number of alkyl halides is 2. The van der Waals surface area contributed by atoms with Crippen molar-refractivity contribution in [1.29, 1.82) is 0 Å².